The Bertz CT molecular complexity index is 1410. The lowest BCUT2D eigenvalue weighted by Crippen LogP contribution is -2.22. The summed E-state index contributed by atoms with van der Waals surface area (Å²) in [5, 5.41) is 4.57. The number of rotatable bonds is 4. The van der Waals surface area contributed by atoms with Crippen molar-refractivity contribution in [2.45, 2.75) is 13.5 Å². The molecule has 5 rings (SSSR count). The van der Waals surface area contributed by atoms with Gasteiger partial charge in [0.05, 0.1) is 24.0 Å². The summed E-state index contributed by atoms with van der Waals surface area (Å²) in [6.07, 6.45) is 3.58. The van der Waals surface area contributed by atoms with Gasteiger partial charge < -0.3 is 0 Å². The largest absolute Gasteiger partial charge is 0.268 e. The predicted octanol–water partition coefficient (Wildman–Crippen LogP) is 3.73. The Labute approximate surface area is 176 Å². The first-order chi connectivity index (χ1) is 14.7. The van der Waals surface area contributed by atoms with Crippen LogP contribution in [0.2, 0.25) is 0 Å². The minimum atomic E-state index is -0.160. The summed E-state index contributed by atoms with van der Waals surface area (Å²) in [5.74, 6) is 0.654. The minimum absolute atomic E-state index is 0.160. The third kappa shape index (κ3) is 3.60. The lowest BCUT2D eigenvalue weighted by atomic mass is 10.1. The number of hydrogen-bond acceptors (Lipinski definition) is 7. The van der Waals surface area contributed by atoms with Crippen LogP contribution in [0, 0.1) is 6.92 Å². The second-order valence-electron chi connectivity index (χ2n) is 6.97. The van der Waals surface area contributed by atoms with Crippen molar-refractivity contribution >= 4 is 22.8 Å². The molecule has 0 amide bonds. The summed E-state index contributed by atoms with van der Waals surface area (Å²) in [5.41, 5.74) is 5.98. The Morgan fingerprint density at radius 2 is 1.73 bits per heavy atom. The highest BCUT2D eigenvalue weighted by atomic mass is 32.1. The fraction of sp³-hybridized carbons (Fsp3) is 0.0909. The van der Waals surface area contributed by atoms with E-state index >= 15 is 0 Å². The molecule has 5 aromatic rings. The number of aromatic nitrogens is 6. The average molecular weight is 412 g/mol. The van der Waals surface area contributed by atoms with Crippen molar-refractivity contribution in [3.63, 3.8) is 0 Å². The predicted molar refractivity (Wildman–Crippen MR) is 116 cm³/mol. The fourth-order valence-corrected chi connectivity index (χ4v) is 3.70. The highest BCUT2D eigenvalue weighted by Gasteiger charge is 2.08. The van der Waals surface area contributed by atoms with Crippen LogP contribution in [0.25, 0.3) is 33.7 Å². The van der Waals surface area contributed by atoms with E-state index in [1.54, 1.807) is 24.5 Å². The molecule has 0 atom stereocenters. The van der Waals surface area contributed by atoms with E-state index in [1.807, 2.05) is 49.4 Å². The normalized spacial score (nSPS) is 11.1. The third-order valence-electron chi connectivity index (χ3n) is 4.71. The molecular weight excluding hydrogens is 396 g/mol. The molecule has 30 heavy (non-hydrogen) atoms. The molecular formula is C22H16N6OS. The summed E-state index contributed by atoms with van der Waals surface area (Å²) in [6.45, 7) is 2.31. The zero-order valence-electron chi connectivity index (χ0n) is 16.1. The molecule has 0 saturated carbocycles. The summed E-state index contributed by atoms with van der Waals surface area (Å²) >= 11 is 1.18. The topological polar surface area (TPSA) is 86.5 Å². The highest BCUT2D eigenvalue weighted by Crippen LogP contribution is 2.21. The molecule has 0 radical (unpaired) electrons. The van der Waals surface area contributed by atoms with Crippen molar-refractivity contribution < 1.29 is 0 Å². The van der Waals surface area contributed by atoms with Crippen LogP contribution in [-0.2, 0) is 6.54 Å². The maximum atomic E-state index is 12.4. The molecule has 0 aliphatic rings. The van der Waals surface area contributed by atoms with Gasteiger partial charge in [0.1, 0.15) is 11.0 Å². The van der Waals surface area contributed by atoms with E-state index in [9.17, 15) is 4.79 Å². The van der Waals surface area contributed by atoms with Gasteiger partial charge in [0.15, 0.2) is 5.82 Å². The van der Waals surface area contributed by atoms with E-state index in [1.165, 1.54) is 16.4 Å². The van der Waals surface area contributed by atoms with Gasteiger partial charge in [-0.3, -0.25) is 4.79 Å². The quantitative estimate of drug-likeness (QED) is 0.447. The Kier molecular flexibility index (Phi) is 4.61. The Hall–Kier alpha value is -3.78. The molecule has 0 unspecified atom stereocenters. The van der Waals surface area contributed by atoms with Crippen LogP contribution in [0.4, 0.5) is 0 Å². The molecule has 8 heteroatoms. The molecule has 3 aromatic heterocycles. The molecule has 3 heterocycles. The first-order valence-corrected chi connectivity index (χ1v) is 10.1. The van der Waals surface area contributed by atoms with Gasteiger partial charge in [0.25, 0.3) is 5.56 Å². The number of hydrogen-bond donors (Lipinski definition) is 0. The SMILES string of the molecule is Cc1cnc(-c2cccc(Cn3nc(-c4ccc5nsnc5c4)ccc3=O)c2)nc1. The first-order valence-electron chi connectivity index (χ1n) is 9.34. The smallest absolute Gasteiger partial charge is 0.267 e. The molecule has 0 aliphatic heterocycles. The van der Waals surface area contributed by atoms with Crippen molar-refractivity contribution in [1.82, 2.24) is 28.5 Å². The zero-order valence-corrected chi connectivity index (χ0v) is 16.9. The maximum absolute atomic E-state index is 12.4. The van der Waals surface area contributed by atoms with Crippen LogP contribution in [0.5, 0.6) is 0 Å². The standard InChI is InChI=1S/C22H16N6OS/c1-14-11-23-22(24-12-14)17-4-2-3-15(9-17)13-28-21(29)8-7-18(25-28)16-5-6-19-20(10-16)27-30-26-19/h2-12H,13H2,1H3. The molecule has 0 bridgehead atoms. The Morgan fingerprint density at radius 3 is 2.60 bits per heavy atom. The third-order valence-corrected chi connectivity index (χ3v) is 5.27. The molecule has 0 aliphatic carbocycles. The monoisotopic (exact) mass is 412 g/mol. The summed E-state index contributed by atoms with van der Waals surface area (Å²) in [6, 6.07) is 16.9. The van der Waals surface area contributed by atoms with Gasteiger partial charge in [-0.15, -0.1) is 0 Å². The lowest BCUT2D eigenvalue weighted by molar-refractivity contribution is 0.643. The number of fused-ring (bicyclic) bond motifs is 1. The van der Waals surface area contributed by atoms with E-state index in [4.69, 9.17) is 0 Å². The van der Waals surface area contributed by atoms with Gasteiger partial charge in [0, 0.05) is 29.6 Å². The molecule has 146 valence electrons. The lowest BCUT2D eigenvalue weighted by Gasteiger charge is -2.09. The molecule has 2 aromatic carbocycles. The van der Waals surface area contributed by atoms with Gasteiger partial charge in [-0.1, -0.05) is 24.3 Å². The number of benzene rings is 2. The number of nitrogens with zero attached hydrogens (tertiary/aromatic N) is 6. The van der Waals surface area contributed by atoms with E-state index < -0.39 is 0 Å². The van der Waals surface area contributed by atoms with Crippen LogP contribution in [0.1, 0.15) is 11.1 Å². The van der Waals surface area contributed by atoms with Gasteiger partial charge in [0.2, 0.25) is 0 Å². The second-order valence-corrected chi connectivity index (χ2v) is 7.50. The van der Waals surface area contributed by atoms with Crippen LogP contribution in [-0.4, -0.2) is 28.5 Å². The van der Waals surface area contributed by atoms with Crippen molar-refractivity contribution in [3.8, 4) is 22.6 Å². The first kappa shape index (κ1) is 18.3. The van der Waals surface area contributed by atoms with Crippen molar-refractivity contribution in [2.24, 2.45) is 0 Å². The average Bonchev–Trinajstić information content (AvgIpc) is 3.24. The molecule has 0 N–H and O–H groups in total. The van der Waals surface area contributed by atoms with Crippen molar-refractivity contribution in [1.29, 1.82) is 0 Å². The van der Waals surface area contributed by atoms with Crippen LogP contribution in [0.15, 0.2) is 71.8 Å². The highest BCUT2D eigenvalue weighted by molar-refractivity contribution is 7.00. The van der Waals surface area contributed by atoms with Crippen molar-refractivity contribution in [2.75, 3.05) is 0 Å². The summed E-state index contributed by atoms with van der Waals surface area (Å²) in [7, 11) is 0. The summed E-state index contributed by atoms with van der Waals surface area (Å²) < 4.78 is 9.97. The fourth-order valence-electron chi connectivity index (χ4n) is 3.18. The van der Waals surface area contributed by atoms with Crippen LogP contribution in [0.3, 0.4) is 0 Å². The Morgan fingerprint density at radius 1 is 0.900 bits per heavy atom. The van der Waals surface area contributed by atoms with E-state index in [-0.39, 0.29) is 5.56 Å². The van der Waals surface area contributed by atoms with E-state index in [0.29, 0.717) is 18.1 Å². The van der Waals surface area contributed by atoms with Gasteiger partial charge >= 0.3 is 0 Å². The van der Waals surface area contributed by atoms with E-state index in [2.05, 4.69) is 23.8 Å². The molecule has 0 saturated heterocycles. The minimum Gasteiger partial charge on any atom is -0.268 e. The van der Waals surface area contributed by atoms with Gasteiger partial charge in [-0.05, 0) is 42.3 Å². The molecule has 0 fully saturated rings. The zero-order chi connectivity index (χ0) is 20.5. The second kappa shape index (κ2) is 7.57. The van der Waals surface area contributed by atoms with E-state index in [0.717, 1.165) is 33.3 Å². The summed E-state index contributed by atoms with van der Waals surface area (Å²) in [4.78, 5) is 21.2. The van der Waals surface area contributed by atoms with Crippen LogP contribution < -0.4 is 5.56 Å². The molecule has 0 spiro atoms. The van der Waals surface area contributed by atoms with Crippen molar-refractivity contribution in [3.05, 3.63) is 88.5 Å². The van der Waals surface area contributed by atoms with Crippen LogP contribution >= 0.6 is 11.7 Å². The maximum Gasteiger partial charge on any atom is 0.267 e. The Balaban J connectivity index is 1.47. The number of aryl methyl sites for hydroxylation is 1. The molecule has 7 nitrogen and oxygen atoms in total. The van der Waals surface area contributed by atoms with Gasteiger partial charge in [-0.25, -0.2) is 14.6 Å². The van der Waals surface area contributed by atoms with Gasteiger partial charge in [-0.2, -0.15) is 13.8 Å².